The summed E-state index contributed by atoms with van der Waals surface area (Å²) in [6.07, 6.45) is 3.09. The van der Waals surface area contributed by atoms with E-state index in [9.17, 15) is 9.59 Å². The number of hydrogen-bond donors (Lipinski definition) is 1. The average Bonchev–Trinajstić information content (AvgIpc) is 3.37. The third-order valence-electron chi connectivity index (χ3n) is 4.83. The lowest BCUT2D eigenvalue weighted by Gasteiger charge is -2.24. The number of carbonyl (C=O) groups is 2. The van der Waals surface area contributed by atoms with Gasteiger partial charge in [-0.05, 0) is 47.9 Å². The molecule has 3 aromatic rings. The van der Waals surface area contributed by atoms with Gasteiger partial charge in [-0.3, -0.25) is 9.59 Å². The lowest BCUT2D eigenvalue weighted by molar-refractivity contribution is -0.125. The van der Waals surface area contributed by atoms with Crippen LogP contribution >= 0.6 is 0 Å². The molecule has 132 valence electrons. The van der Waals surface area contributed by atoms with Gasteiger partial charge in [-0.25, -0.2) is 0 Å². The van der Waals surface area contributed by atoms with Crippen LogP contribution in [0.5, 0.6) is 0 Å². The van der Waals surface area contributed by atoms with Gasteiger partial charge in [0, 0.05) is 12.1 Å². The zero-order chi connectivity index (χ0) is 17.9. The van der Waals surface area contributed by atoms with Gasteiger partial charge >= 0.3 is 0 Å². The maximum absolute atomic E-state index is 13.0. The summed E-state index contributed by atoms with van der Waals surface area (Å²) >= 11 is 0. The monoisotopic (exact) mass is 348 g/mol. The molecule has 26 heavy (non-hydrogen) atoms. The van der Waals surface area contributed by atoms with Crippen LogP contribution in [-0.4, -0.2) is 29.3 Å². The Labute approximate surface area is 151 Å². The number of carbonyl (C=O) groups excluding carboxylic acids is 2. The maximum atomic E-state index is 13.0. The number of amides is 2. The molecule has 5 nitrogen and oxygen atoms in total. The minimum atomic E-state index is -0.427. The highest BCUT2D eigenvalue weighted by molar-refractivity contribution is 6.01. The normalized spacial score (nSPS) is 16.8. The lowest BCUT2D eigenvalue weighted by atomic mass is 10.1. The van der Waals surface area contributed by atoms with Crippen LogP contribution in [0.4, 0.5) is 0 Å². The number of nitrogens with zero attached hydrogens (tertiary/aromatic N) is 1. The van der Waals surface area contributed by atoms with E-state index in [1.807, 2.05) is 48.5 Å². The predicted molar refractivity (Wildman–Crippen MR) is 98.6 cm³/mol. The molecular formula is C21H20N2O3. The van der Waals surface area contributed by atoms with Crippen molar-refractivity contribution in [1.29, 1.82) is 0 Å². The molecule has 1 atom stereocenters. The van der Waals surface area contributed by atoms with Crippen molar-refractivity contribution in [2.45, 2.75) is 25.4 Å². The average molecular weight is 348 g/mol. The number of furan rings is 1. The molecule has 0 bridgehead atoms. The Hall–Kier alpha value is -3.08. The van der Waals surface area contributed by atoms with Crippen LogP contribution in [0.15, 0.2) is 65.3 Å². The van der Waals surface area contributed by atoms with E-state index in [1.54, 1.807) is 17.2 Å². The summed E-state index contributed by atoms with van der Waals surface area (Å²) < 4.78 is 5.24. The van der Waals surface area contributed by atoms with Crippen LogP contribution in [0.1, 0.15) is 29.0 Å². The van der Waals surface area contributed by atoms with E-state index in [0.717, 1.165) is 17.2 Å². The fourth-order valence-corrected chi connectivity index (χ4v) is 3.48. The van der Waals surface area contributed by atoms with Crippen LogP contribution in [-0.2, 0) is 11.3 Å². The molecule has 2 aromatic carbocycles. The molecule has 1 aliphatic rings. The highest BCUT2D eigenvalue weighted by atomic mass is 16.3. The minimum absolute atomic E-state index is 0.0913. The second-order valence-corrected chi connectivity index (χ2v) is 6.52. The Morgan fingerprint density at radius 1 is 1.08 bits per heavy atom. The summed E-state index contributed by atoms with van der Waals surface area (Å²) in [5.41, 5.74) is 0.620. The molecule has 1 aromatic heterocycles. The quantitative estimate of drug-likeness (QED) is 0.786. The molecule has 2 amide bonds. The van der Waals surface area contributed by atoms with Crippen molar-refractivity contribution in [3.63, 3.8) is 0 Å². The number of benzene rings is 2. The van der Waals surface area contributed by atoms with Gasteiger partial charge in [0.15, 0.2) is 0 Å². The van der Waals surface area contributed by atoms with Crippen molar-refractivity contribution >= 4 is 22.6 Å². The van der Waals surface area contributed by atoms with Crippen LogP contribution in [0, 0.1) is 0 Å². The Morgan fingerprint density at radius 3 is 2.73 bits per heavy atom. The summed E-state index contributed by atoms with van der Waals surface area (Å²) in [6, 6.07) is 16.8. The van der Waals surface area contributed by atoms with Gasteiger partial charge in [0.05, 0.1) is 12.8 Å². The van der Waals surface area contributed by atoms with E-state index in [0.29, 0.717) is 30.8 Å². The molecule has 4 rings (SSSR count). The third-order valence-corrected chi connectivity index (χ3v) is 4.83. The SMILES string of the molecule is O=C(NCc1ccco1)[C@H]1CCCN1C(=O)c1ccc2ccccc2c1. The van der Waals surface area contributed by atoms with Gasteiger partial charge in [-0.2, -0.15) is 0 Å². The predicted octanol–water partition coefficient (Wildman–Crippen LogP) is 3.35. The maximum Gasteiger partial charge on any atom is 0.254 e. The Kier molecular flexibility index (Phi) is 4.44. The molecule has 0 saturated carbocycles. The first-order valence-corrected chi connectivity index (χ1v) is 8.82. The molecule has 0 radical (unpaired) electrons. The molecule has 1 saturated heterocycles. The summed E-state index contributed by atoms with van der Waals surface area (Å²) in [5, 5.41) is 4.99. The van der Waals surface area contributed by atoms with Crippen molar-refractivity contribution < 1.29 is 14.0 Å². The van der Waals surface area contributed by atoms with E-state index in [1.165, 1.54) is 0 Å². The summed E-state index contributed by atoms with van der Waals surface area (Å²) in [6.45, 7) is 0.935. The number of hydrogen-bond acceptors (Lipinski definition) is 3. The van der Waals surface area contributed by atoms with Crippen molar-refractivity contribution in [1.82, 2.24) is 10.2 Å². The van der Waals surface area contributed by atoms with Crippen LogP contribution in [0.2, 0.25) is 0 Å². The van der Waals surface area contributed by atoms with E-state index in [4.69, 9.17) is 4.42 Å². The Morgan fingerprint density at radius 2 is 1.92 bits per heavy atom. The highest BCUT2D eigenvalue weighted by Gasteiger charge is 2.34. The molecule has 0 unspecified atom stereocenters. The zero-order valence-corrected chi connectivity index (χ0v) is 14.4. The highest BCUT2D eigenvalue weighted by Crippen LogP contribution is 2.23. The standard InChI is InChI=1S/C21H20N2O3/c24-20(22-14-18-7-4-12-26-18)19-8-3-11-23(19)21(25)17-10-9-15-5-1-2-6-16(15)13-17/h1-2,4-7,9-10,12-13,19H,3,8,11,14H2,(H,22,24)/t19-/m1/s1. The summed E-state index contributed by atoms with van der Waals surface area (Å²) in [4.78, 5) is 27.2. The second kappa shape index (κ2) is 7.04. The number of nitrogens with one attached hydrogen (secondary N) is 1. The smallest absolute Gasteiger partial charge is 0.254 e. The first-order chi connectivity index (χ1) is 12.7. The molecule has 1 fully saturated rings. The summed E-state index contributed by atoms with van der Waals surface area (Å²) in [5.74, 6) is 0.475. The number of likely N-dealkylation sites (tertiary alicyclic amines) is 1. The molecule has 0 aliphatic carbocycles. The zero-order valence-electron chi connectivity index (χ0n) is 14.4. The molecule has 2 heterocycles. The van der Waals surface area contributed by atoms with Gasteiger partial charge in [0.1, 0.15) is 11.8 Å². The van der Waals surface area contributed by atoms with Crippen LogP contribution in [0.3, 0.4) is 0 Å². The van der Waals surface area contributed by atoms with Gasteiger partial charge in [-0.15, -0.1) is 0 Å². The van der Waals surface area contributed by atoms with Crippen LogP contribution in [0.25, 0.3) is 10.8 Å². The lowest BCUT2D eigenvalue weighted by Crippen LogP contribution is -2.45. The van der Waals surface area contributed by atoms with E-state index >= 15 is 0 Å². The summed E-state index contributed by atoms with van der Waals surface area (Å²) in [7, 11) is 0. The topological polar surface area (TPSA) is 62.6 Å². The second-order valence-electron chi connectivity index (χ2n) is 6.52. The Balaban J connectivity index is 1.49. The molecule has 1 N–H and O–H groups in total. The van der Waals surface area contributed by atoms with Crippen LogP contribution < -0.4 is 5.32 Å². The van der Waals surface area contributed by atoms with Crippen molar-refractivity contribution in [2.75, 3.05) is 6.54 Å². The largest absolute Gasteiger partial charge is 0.467 e. The van der Waals surface area contributed by atoms with E-state index in [-0.39, 0.29) is 11.8 Å². The van der Waals surface area contributed by atoms with Gasteiger partial charge in [0.25, 0.3) is 5.91 Å². The van der Waals surface area contributed by atoms with Gasteiger partial charge in [0.2, 0.25) is 5.91 Å². The Bertz CT molecular complexity index is 933. The fourth-order valence-electron chi connectivity index (χ4n) is 3.48. The molecule has 1 aliphatic heterocycles. The van der Waals surface area contributed by atoms with E-state index in [2.05, 4.69) is 5.32 Å². The third kappa shape index (κ3) is 3.20. The van der Waals surface area contributed by atoms with Crippen molar-refractivity contribution in [3.8, 4) is 0 Å². The first kappa shape index (κ1) is 16.4. The molecule has 0 spiro atoms. The van der Waals surface area contributed by atoms with Gasteiger partial charge < -0.3 is 14.6 Å². The van der Waals surface area contributed by atoms with E-state index < -0.39 is 6.04 Å². The fraction of sp³-hybridized carbons (Fsp3) is 0.238. The number of fused-ring (bicyclic) bond motifs is 1. The minimum Gasteiger partial charge on any atom is -0.467 e. The molecular weight excluding hydrogens is 328 g/mol. The van der Waals surface area contributed by atoms with Crippen molar-refractivity contribution in [3.05, 3.63) is 72.2 Å². The first-order valence-electron chi connectivity index (χ1n) is 8.82. The van der Waals surface area contributed by atoms with Gasteiger partial charge in [-0.1, -0.05) is 30.3 Å². The molecule has 5 heteroatoms. The number of rotatable bonds is 4. The van der Waals surface area contributed by atoms with Crippen molar-refractivity contribution in [2.24, 2.45) is 0 Å².